The molecular weight excluding hydrogens is 371 g/mol. The predicted molar refractivity (Wildman–Crippen MR) is 112 cm³/mol. The Balaban J connectivity index is 1.32. The summed E-state index contributed by atoms with van der Waals surface area (Å²) in [5.74, 6) is 2.01. The van der Waals surface area contributed by atoms with Crippen molar-refractivity contribution in [3.8, 4) is 0 Å². The van der Waals surface area contributed by atoms with Gasteiger partial charge in [0.15, 0.2) is 5.96 Å². The van der Waals surface area contributed by atoms with Crippen molar-refractivity contribution in [2.24, 2.45) is 10.9 Å². The van der Waals surface area contributed by atoms with Crippen LogP contribution in [0.2, 0.25) is 0 Å². The maximum atomic E-state index is 13.4. The average Bonchev–Trinajstić information content (AvgIpc) is 3.48. The van der Waals surface area contributed by atoms with E-state index in [9.17, 15) is 4.39 Å². The maximum Gasteiger partial charge on any atom is 0.191 e. The molecule has 1 aliphatic rings. The summed E-state index contributed by atoms with van der Waals surface area (Å²) in [6, 6.07) is 8.73. The van der Waals surface area contributed by atoms with Crippen molar-refractivity contribution < 1.29 is 13.5 Å². The molecule has 0 amide bonds. The number of fused-ring (bicyclic) bond motifs is 1. The molecule has 4 rings (SSSR count). The first-order chi connectivity index (χ1) is 14.3. The van der Waals surface area contributed by atoms with Gasteiger partial charge in [0, 0.05) is 55.7 Å². The van der Waals surface area contributed by atoms with Crippen LogP contribution in [0.1, 0.15) is 17.7 Å². The standard InChI is InChI=1S/C22H27FN4O2/c23-18-3-4-20-17(14-26-21(20)12-18)5-8-24-22(27-13-16-7-11-28-15-16)25-9-6-19-2-1-10-29-19/h1-4,10,12,14,16,26H,5-9,11,13,15H2,(H2,24,25,27). The van der Waals surface area contributed by atoms with E-state index in [4.69, 9.17) is 14.1 Å². The van der Waals surface area contributed by atoms with Gasteiger partial charge in [0.25, 0.3) is 0 Å². The summed E-state index contributed by atoms with van der Waals surface area (Å²) in [4.78, 5) is 7.89. The number of ether oxygens (including phenoxy) is 1. The largest absolute Gasteiger partial charge is 0.469 e. The Hall–Kier alpha value is -2.80. The van der Waals surface area contributed by atoms with Crippen molar-refractivity contribution in [2.45, 2.75) is 19.3 Å². The number of hydrogen-bond acceptors (Lipinski definition) is 3. The third kappa shape index (κ3) is 5.38. The van der Waals surface area contributed by atoms with E-state index in [2.05, 4.69) is 15.6 Å². The van der Waals surface area contributed by atoms with Crippen LogP contribution in [0.25, 0.3) is 10.9 Å². The highest BCUT2D eigenvalue weighted by Gasteiger charge is 2.15. The fourth-order valence-electron chi connectivity index (χ4n) is 3.56. The van der Waals surface area contributed by atoms with Crippen LogP contribution in [0.5, 0.6) is 0 Å². The second-order valence-electron chi connectivity index (χ2n) is 7.36. The molecule has 154 valence electrons. The zero-order chi connectivity index (χ0) is 19.9. The molecule has 0 radical (unpaired) electrons. The summed E-state index contributed by atoms with van der Waals surface area (Å²) in [6.45, 7) is 3.85. The fourth-order valence-corrected chi connectivity index (χ4v) is 3.56. The zero-order valence-electron chi connectivity index (χ0n) is 16.4. The number of aliphatic imine (C=N–C) groups is 1. The monoisotopic (exact) mass is 398 g/mol. The molecule has 0 bridgehead atoms. The van der Waals surface area contributed by atoms with Crippen LogP contribution in [0.15, 0.2) is 52.2 Å². The predicted octanol–water partition coefficient (Wildman–Crippen LogP) is 3.26. The van der Waals surface area contributed by atoms with Crippen molar-refractivity contribution in [3.05, 3.63) is 59.9 Å². The highest BCUT2D eigenvalue weighted by Crippen LogP contribution is 2.19. The molecule has 7 heteroatoms. The van der Waals surface area contributed by atoms with Crippen LogP contribution in [-0.2, 0) is 17.6 Å². The summed E-state index contributed by atoms with van der Waals surface area (Å²) in [5.41, 5.74) is 1.98. The lowest BCUT2D eigenvalue weighted by Crippen LogP contribution is -2.39. The lowest BCUT2D eigenvalue weighted by molar-refractivity contribution is 0.187. The molecular formula is C22H27FN4O2. The highest BCUT2D eigenvalue weighted by atomic mass is 19.1. The number of furan rings is 1. The van der Waals surface area contributed by atoms with E-state index in [-0.39, 0.29) is 5.82 Å². The van der Waals surface area contributed by atoms with E-state index in [0.717, 1.165) is 80.3 Å². The average molecular weight is 398 g/mol. The summed E-state index contributed by atoms with van der Waals surface area (Å²) in [6.07, 6.45) is 6.32. The van der Waals surface area contributed by atoms with Gasteiger partial charge in [-0.15, -0.1) is 0 Å². The number of aromatic nitrogens is 1. The van der Waals surface area contributed by atoms with Gasteiger partial charge in [0.05, 0.1) is 12.9 Å². The van der Waals surface area contributed by atoms with Gasteiger partial charge in [-0.2, -0.15) is 0 Å². The molecule has 1 atom stereocenters. The number of aromatic amines is 1. The molecule has 1 aliphatic heterocycles. The number of H-pyrrole nitrogens is 1. The normalized spacial score (nSPS) is 17.1. The van der Waals surface area contributed by atoms with Gasteiger partial charge in [0.1, 0.15) is 11.6 Å². The van der Waals surface area contributed by atoms with E-state index in [1.54, 1.807) is 6.26 Å². The molecule has 1 fully saturated rings. The molecule has 1 saturated heterocycles. The summed E-state index contributed by atoms with van der Waals surface area (Å²) in [7, 11) is 0. The van der Waals surface area contributed by atoms with Crippen LogP contribution < -0.4 is 10.6 Å². The number of nitrogens with zero attached hydrogens (tertiary/aromatic N) is 1. The van der Waals surface area contributed by atoms with E-state index >= 15 is 0 Å². The van der Waals surface area contributed by atoms with Gasteiger partial charge < -0.3 is 24.8 Å². The minimum atomic E-state index is -0.227. The molecule has 0 saturated carbocycles. The molecule has 1 unspecified atom stereocenters. The lowest BCUT2D eigenvalue weighted by Gasteiger charge is -2.13. The van der Waals surface area contributed by atoms with Crippen molar-refractivity contribution in [3.63, 3.8) is 0 Å². The van der Waals surface area contributed by atoms with Crippen LogP contribution >= 0.6 is 0 Å². The number of rotatable bonds is 8. The number of nitrogens with one attached hydrogen (secondary N) is 3. The van der Waals surface area contributed by atoms with Crippen molar-refractivity contribution in [2.75, 3.05) is 32.8 Å². The van der Waals surface area contributed by atoms with E-state index in [0.29, 0.717) is 5.92 Å². The van der Waals surface area contributed by atoms with Gasteiger partial charge in [0.2, 0.25) is 0 Å². The maximum absolute atomic E-state index is 13.4. The Morgan fingerprint density at radius 2 is 2.10 bits per heavy atom. The Bertz CT molecular complexity index is 930. The lowest BCUT2D eigenvalue weighted by atomic mass is 10.1. The topological polar surface area (TPSA) is 74.6 Å². The molecule has 1 aromatic carbocycles. The molecule has 29 heavy (non-hydrogen) atoms. The quantitative estimate of drug-likeness (QED) is 0.402. The van der Waals surface area contributed by atoms with Crippen LogP contribution in [-0.4, -0.2) is 43.8 Å². The zero-order valence-corrected chi connectivity index (χ0v) is 16.4. The smallest absolute Gasteiger partial charge is 0.191 e. The van der Waals surface area contributed by atoms with Crippen LogP contribution in [0.3, 0.4) is 0 Å². The molecule has 0 spiro atoms. The van der Waals surface area contributed by atoms with E-state index in [1.165, 1.54) is 12.1 Å². The SMILES string of the molecule is Fc1ccc2c(CCNC(=NCC3CCOC3)NCCc3ccco3)c[nH]c2c1. The van der Waals surface area contributed by atoms with Gasteiger partial charge in [-0.25, -0.2) is 4.39 Å². The second-order valence-corrected chi connectivity index (χ2v) is 7.36. The van der Waals surface area contributed by atoms with Crippen LogP contribution in [0.4, 0.5) is 4.39 Å². The molecule has 3 aromatic rings. The number of guanidine groups is 1. The summed E-state index contributed by atoms with van der Waals surface area (Å²) in [5, 5.41) is 7.86. The Morgan fingerprint density at radius 1 is 1.21 bits per heavy atom. The summed E-state index contributed by atoms with van der Waals surface area (Å²) >= 11 is 0. The second kappa shape index (κ2) is 9.60. The van der Waals surface area contributed by atoms with Gasteiger partial charge in [-0.05, 0) is 48.7 Å². The van der Waals surface area contributed by atoms with E-state index in [1.807, 2.05) is 24.4 Å². The third-order valence-electron chi connectivity index (χ3n) is 5.19. The van der Waals surface area contributed by atoms with Crippen LogP contribution in [0, 0.1) is 11.7 Å². The first-order valence-corrected chi connectivity index (χ1v) is 10.2. The minimum absolute atomic E-state index is 0.227. The van der Waals surface area contributed by atoms with Gasteiger partial charge >= 0.3 is 0 Å². The van der Waals surface area contributed by atoms with Crippen molar-refractivity contribution in [1.29, 1.82) is 0 Å². The number of hydrogen-bond donors (Lipinski definition) is 3. The number of halogens is 1. The summed E-state index contributed by atoms with van der Waals surface area (Å²) < 4.78 is 24.2. The molecule has 0 aliphatic carbocycles. The molecule has 2 aromatic heterocycles. The van der Waals surface area contributed by atoms with Gasteiger partial charge in [-0.1, -0.05) is 0 Å². The van der Waals surface area contributed by atoms with Crippen molar-refractivity contribution >= 4 is 16.9 Å². The third-order valence-corrected chi connectivity index (χ3v) is 5.19. The van der Waals surface area contributed by atoms with Crippen molar-refractivity contribution in [1.82, 2.24) is 15.6 Å². The molecule has 6 nitrogen and oxygen atoms in total. The Kier molecular flexibility index (Phi) is 6.46. The first-order valence-electron chi connectivity index (χ1n) is 10.2. The first kappa shape index (κ1) is 19.5. The minimum Gasteiger partial charge on any atom is -0.469 e. The molecule has 3 N–H and O–H groups in total. The fraction of sp³-hybridized carbons (Fsp3) is 0.409. The van der Waals surface area contributed by atoms with Gasteiger partial charge in [-0.3, -0.25) is 4.99 Å². The Morgan fingerprint density at radius 3 is 2.90 bits per heavy atom. The number of benzene rings is 1. The highest BCUT2D eigenvalue weighted by molar-refractivity contribution is 5.83. The molecule has 3 heterocycles. The Labute approximate surface area is 169 Å². The van der Waals surface area contributed by atoms with E-state index < -0.39 is 0 Å².